The lowest BCUT2D eigenvalue weighted by Crippen LogP contribution is -2.28. The number of amides is 2. The van der Waals surface area contributed by atoms with E-state index in [1.807, 2.05) is 0 Å². The summed E-state index contributed by atoms with van der Waals surface area (Å²) in [5.74, 6) is -4.42. The molecule has 0 bridgehead atoms. The van der Waals surface area contributed by atoms with E-state index in [1.54, 1.807) is 24.3 Å². The summed E-state index contributed by atoms with van der Waals surface area (Å²) in [4.78, 5) is 11.6. The molecule has 0 saturated carbocycles. The summed E-state index contributed by atoms with van der Waals surface area (Å²) in [7, 11) is 0. The lowest BCUT2D eigenvalue weighted by atomic mass is 10.2. The van der Waals surface area contributed by atoms with E-state index in [-0.39, 0.29) is 6.54 Å². The summed E-state index contributed by atoms with van der Waals surface area (Å²) in [5.41, 5.74) is 0.214. The number of carbonyl (C=O) groups excluding carboxylic acids is 1. The molecule has 0 atom stereocenters. The quantitative estimate of drug-likeness (QED) is 0.824. The minimum atomic E-state index is -1.64. The predicted molar refractivity (Wildman–Crippen MR) is 73.6 cm³/mol. The third-order valence-corrected chi connectivity index (χ3v) is 3.05. The zero-order chi connectivity index (χ0) is 15.4. The first-order valence-corrected chi connectivity index (χ1v) is 6.28. The van der Waals surface area contributed by atoms with Gasteiger partial charge in [0, 0.05) is 11.6 Å². The summed E-state index contributed by atoms with van der Waals surface area (Å²) in [5, 5.41) is 4.99. The van der Waals surface area contributed by atoms with E-state index in [0.717, 1.165) is 12.1 Å². The second-order valence-electron chi connectivity index (χ2n) is 4.12. The highest BCUT2D eigenvalue weighted by Gasteiger charge is 2.15. The molecular formula is C14H10ClF3N2O. The van der Waals surface area contributed by atoms with Crippen LogP contribution in [0.5, 0.6) is 0 Å². The van der Waals surface area contributed by atoms with Crippen LogP contribution >= 0.6 is 11.6 Å². The molecule has 2 aromatic rings. The van der Waals surface area contributed by atoms with Crippen LogP contribution in [0.4, 0.5) is 23.7 Å². The van der Waals surface area contributed by atoms with E-state index in [9.17, 15) is 18.0 Å². The Hall–Kier alpha value is -2.21. The second-order valence-corrected chi connectivity index (χ2v) is 4.53. The Morgan fingerprint density at radius 1 is 1.05 bits per heavy atom. The van der Waals surface area contributed by atoms with E-state index in [2.05, 4.69) is 10.6 Å². The van der Waals surface area contributed by atoms with Gasteiger partial charge in [-0.2, -0.15) is 0 Å². The first kappa shape index (κ1) is 15.2. The van der Waals surface area contributed by atoms with E-state index in [0.29, 0.717) is 10.6 Å². The van der Waals surface area contributed by atoms with Crippen molar-refractivity contribution in [3.8, 4) is 0 Å². The first-order valence-electron chi connectivity index (χ1n) is 5.91. The molecular weight excluding hydrogens is 305 g/mol. The van der Waals surface area contributed by atoms with Crippen LogP contribution in [0.2, 0.25) is 5.02 Å². The van der Waals surface area contributed by atoms with Gasteiger partial charge < -0.3 is 10.6 Å². The third kappa shape index (κ3) is 3.66. The molecule has 0 spiro atoms. The molecule has 21 heavy (non-hydrogen) atoms. The number of hydrogen-bond acceptors (Lipinski definition) is 1. The first-order chi connectivity index (χ1) is 9.99. The number of rotatable bonds is 3. The van der Waals surface area contributed by atoms with Gasteiger partial charge in [0.1, 0.15) is 0 Å². The molecule has 0 aliphatic heterocycles. The van der Waals surface area contributed by atoms with Crippen LogP contribution in [0.3, 0.4) is 0 Å². The Labute approximate surface area is 123 Å². The van der Waals surface area contributed by atoms with Crippen molar-refractivity contribution in [2.75, 3.05) is 5.32 Å². The molecule has 0 radical (unpaired) electrons. The Bertz CT molecular complexity index is 679. The van der Waals surface area contributed by atoms with Gasteiger partial charge in [0.25, 0.3) is 0 Å². The molecule has 2 N–H and O–H groups in total. The standard InChI is InChI=1S/C14H10ClF3N2O/c15-9-4-2-1-3-8(9)7-19-14(21)20-11-6-5-10(16)12(17)13(11)18/h1-6H,7H2,(H2,19,20,21). The Kier molecular flexibility index (Phi) is 4.70. The maximum atomic E-state index is 13.4. The minimum Gasteiger partial charge on any atom is -0.334 e. The second kappa shape index (κ2) is 6.49. The summed E-state index contributed by atoms with van der Waals surface area (Å²) in [6.45, 7) is 0.108. The number of carbonyl (C=O) groups is 1. The van der Waals surface area contributed by atoms with E-state index in [4.69, 9.17) is 11.6 Å². The number of anilines is 1. The highest BCUT2D eigenvalue weighted by molar-refractivity contribution is 6.31. The summed E-state index contributed by atoms with van der Waals surface area (Å²) in [6.07, 6.45) is 0. The van der Waals surface area contributed by atoms with Crippen molar-refractivity contribution in [1.82, 2.24) is 5.32 Å². The number of halogens is 4. The molecule has 0 heterocycles. The zero-order valence-corrected chi connectivity index (χ0v) is 11.3. The maximum Gasteiger partial charge on any atom is 0.319 e. The topological polar surface area (TPSA) is 41.1 Å². The summed E-state index contributed by atoms with van der Waals surface area (Å²) < 4.78 is 39.1. The van der Waals surface area contributed by atoms with Gasteiger partial charge in [-0.1, -0.05) is 29.8 Å². The SMILES string of the molecule is O=C(NCc1ccccc1Cl)Nc1ccc(F)c(F)c1F. The number of urea groups is 1. The van der Waals surface area contributed by atoms with Gasteiger partial charge in [0.15, 0.2) is 17.5 Å². The van der Waals surface area contributed by atoms with Crippen molar-refractivity contribution >= 4 is 23.3 Å². The lowest BCUT2D eigenvalue weighted by molar-refractivity contribution is 0.251. The number of benzene rings is 2. The molecule has 2 amide bonds. The fourth-order valence-electron chi connectivity index (χ4n) is 1.61. The molecule has 0 unspecified atom stereocenters. The average Bonchev–Trinajstić information content (AvgIpc) is 2.47. The molecule has 2 rings (SSSR count). The fraction of sp³-hybridized carbons (Fsp3) is 0.0714. The predicted octanol–water partition coefficient (Wildman–Crippen LogP) is 4.08. The van der Waals surface area contributed by atoms with Crippen molar-refractivity contribution in [2.45, 2.75) is 6.54 Å². The van der Waals surface area contributed by atoms with Crippen LogP contribution in [0.1, 0.15) is 5.56 Å². The Morgan fingerprint density at radius 3 is 2.48 bits per heavy atom. The van der Waals surface area contributed by atoms with Crippen LogP contribution < -0.4 is 10.6 Å². The maximum absolute atomic E-state index is 13.4. The highest BCUT2D eigenvalue weighted by Crippen LogP contribution is 2.19. The van der Waals surface area contributed by atoms with Gasteiger partial charge >= 0.3 is 6.03 Å². The number of hydrogen-bond donors (Lipinski definition) is 2. The van der Waals surface area contributed by atoms with Gasteiger partial charge in [0.2, 0.25) is 0 Å². The average molecular weight is 315 g/mol. The molecule has 0 aliphatic carbocycles. The fourth-order valence-corrected chi connectivity index (χ4v) is 1.81. The van der Waals surface area contributed by atoms with Crippen LogP contribution in [0.25, 0.3) is 0 Å². The van der Waals surface area contributed by atoms with Gasteiger partial charge in [0.05, 0.1) is 5.69 Å². The third-order valence-electron chi connectivity index (χ3n) is 2.68. The molecule has 0 aromatic heterocycles. The summed E-state index contributed by atoms with van der Waals surface area (Å²) >= 11 is 5.91. The normalized spacial score (nSPS) is 10.3. The van der Waals surface area contributed by atoms with Crippen molar-refractivity contribution in [3.63, 3.8) is 0 Å². The zero-order valence-electron chi connectivity index (χ0n) is 10.6. The minimum absolute atomic E-state index is 0.108. The number of nitrogens with one attached hydrogen (secondary N) is 2. The monoisotopic (exact) mass is 314 g/mol. The molecule has 0 aliphatic rings. The van der Waals surface area contributed by atoms with Crippen molar-refractivity contribution in [2.24, 2.45) is 0 Å². The molecule has 110 valence electrons. The van der Waals surface area contributed by atoms with Crippen LogP contribution in [0.15, 0.2) is 36.4 Å². The van der Waals surface area contributed by atoms with E-state index in [1.165, 1.54) is 0 Å². The lowest BCUT2D eigenvalue weighted by Gasteiger charge is -2.09. The van der Waals surface area contributed by atoms with Gasteiger partial charge in [-0.15, -0.1) is 0 Å². The highest BCUT2D eigenvalue weighted by atomic mass is 35.5. The molecule has 2 aromatic carbocycles. The Balaban J connectivity index is 2.00. The van der Waals surface area contributed by atoms with Crippen LogP contribution in [0, 0.1) is 17.5 Å². The summed E-state index contributed by atoms with van der Waals surface area (Å²) in [6, 6.07) is 7.75. The smallest absolute Gasteiger partial charge is 0.319 e. The largest absolute Gasteiger partial charge is 0.334 e. The van der Waals surface area contributed by atoms with E-state index < -0.39 is 29.2 Å². The van der Waals surface area contributed by atoms with Crippen LogP contribution in [-0.2, 0) is 6.54 Å². The van der Waals surface area contributed by atoms with Gasteiger partial charge in [-0.05, 0) is 23.8 Å². The van der Waals surface area contributed by atoms with Crippen molar-refractivity contribution in [1.29, 1.82) is 0 Å². The van der Waals surface area contributed by atoms with Gasteiger partial charge in [-0.25, -0.2) is 18.0 Å². The van der Waals surface area contributed by atoms with E-state index >= 15 is 0 Å². The van der Waals surface area contributed by atoms with Crippen LogP contribution in [-0.4, -0.2) is 6.03 Å². The molecule has 7 heteroatoms. The Morgan fingerprint density at radius 2 is 1.76 bits per heavy atom. The molecule has 0 saturated heterocycles. The van der Waals surface area contributed by atoms with Crippen molar-refractivity contribution < 1.29 is 18.0 Å². The molecule has 0 fully saturated rings. The van der Waals surface area contributed by atoms with Crippen molar-refractivity contribution in [3.05, 3.63) is 64.4 Å². The van der Waals surface area contributed by atoms with Gasteiger partial charge in [-0.3, -0.25) is 0 Å². The molecule has 3 nitrogen and oxygen atoms in total.